The molecule has 0 atom stereocenters. The molecule has 120 valence electrons. The highest BCUT2D eigenvalue weighted by Crippen LogP contribution is 2.28. The van der Waals surface area contributed by atoms with Crippen molar-refractivity contribution in [2.45, 2.75) is 38.5 Å². The van der Waals surface area contributed by atoms with Crippen molar-refractivity contribution < 1.29 is 13.9 Å². The summed E-state index contributed by atoms with van der Waals surface area (Å²) in [6.45, 7) is 0. The quantitative estimate of drug-likeness (QED) is 0.433. The van der Waals surface area contributed by atoms with Crippen LogP contribution in [0.1, 0.15) is 38.5 Å². The lowest BCUT2D eigenvalue weighted by molar-refractivity contribution is -0.139. The number of hydrogen-bond donors (Lipinski definition) is 0. The van der Waals surface area contributed by atoms with Gasteiger partial charge in [0.25, 0.3) is 0 Å². The number of halogens is 1. The number of esters is 1. The average Bonchev–Trinajstić information content (AvgIpc) is 2.85. The molecule has 0 aliphatic heterocycles. The molecule has 0 heterocycles. The van der Waals surface area contributed by atoms with Crippen LogP contribution in [0.5, 0.6) is 5.75 Å². The third-order valence-corrected chi connectivity index (χ3v) is 4.43. The second-order valence-corrected chi connectivity index (χ2v) is 6.12. The molecule has 0 N–H and O–H groups in total. The van der Waals surface area contributed by atoms with Gasteiger partial charge in [0.2, 0.25) is 0 Å². The molecule has 3 rings (SSSR count). The van der Waals surface area contributed by atoms with Crippen molar-refractivity contribution in [2.75, 3.05) is 0 Å². The Morgan fingerprint density at radius 3 is 2.30 bits per heavy atom. The largest absolute Gasteiger partial charge is 0.426 e. The fourth-order valence-electron chi connectivity index (χ4n) is 3.13. The molecule has 0 spiro atoms. The lowest BCUT2D eigenvalue weighted by Gasteiger charge is -2.13. The van der Waals surface area contributed by atoms with Crippen LogP contribution >= 0.6 is 0 Å². The highest BCUT2D eigenvalue weighted by atomic mass is 19.1. The van der Waals surface area contributed by atoms with Crippen LogP contribution in [0, 0.1) is 11.7 Å². The van der Waals surface area contributed by atoms with Crippen molar-refractivity contribution in [3.63, 3.8) is 0 Å². The van der Waals surface area contributed by atoms with E-state index in [2.05, 4.69) is 0 Å². The molecule has 2 aromatic rings. The summed E-state index contributed by atoms with van der Waals surface area (Å²) >= 11 is 0. The Bertz CT molecular complexity index is 659. The van der Waals surface area contributed by atoms with E-state index < -0.39 is 0 Å². The molecule has 2 nitrogen and oxygen atoms in total. The van der Waals surface area contributed by atoms with Crippen molar-refractivity contribution in [1.29, 1.82) is 0 Å². The zero-order valence-electron chi connectivity index (χ0n) is 13.1. The molecule has 1 aliphatic carbocycles. The van der Waals surface area contributed by atoms with Crippen molar-refractivity contribution in [3.05, 3.63) is 54.3 Å². The van der Waals surface area contributed by atoms with Crippen LogP contribution in [0.3, 0.4) is 0 Å². The lowest BCUT2D eigenvalue weighted by Crippen LogP contribution is -2.20. The molecule has 2 aromatic carbocycles. The average molecular weight is 312 g/mol. The SMILES string of the molecule is O=C(Oc1ccc(-c2ccccc2)c(F)c1)C1CCCCCC1. The molecular formula is C20H21FO2. The van der Waals surface area contributed by atoms with Gasteiger partial charge in [-0.05, 0) is 30.5 Å². The Morgan fingerprint density at radius 1 is 0.957 bits per heavy atom. The zero-order chi connectivity index (χ0) is 16.1. The molecule has 0 unspecified atom stereocenters. The molecule has 1 saturated carbocycles. The van der Waals surface area contributed by atoms with E-state index in [1.54, 1.807) is 12.1 Å². The monoisotopic (exact) mass is 312 g/mol. The summed E-state index contributed by atoms with van der Waals surface area (Å²) in [7, 11) is 0. The smallest absolute Gasteiger partial charge is 0.314 e. The second-order valence-electron chi connectivity index (χ2n) is 6.12. The van der Waals surface area contributed by atoms with Gasteiger partial charge in [0.05, 0.1) is 5.92 Å². The number of hydrogen-bond acceptors (Lipinski definition) is 2. The Balaban J connectivity index is 1.71. The van der Waals surface area contributed by atoms with Gasteiger partial charge in [0.1, 0.15) is 11.6 Å². The van der Waals surface area contributed by atoms with Crippen LogP contribution < -0.4 is 4.74 Å². The van der Waals surface area contributed by atoms with E-state index in [-0.39, 0.29) is 23.5 Å². The van der Waals surface area contributed by atoms with Gasteiger partial charge >= 0.3 is 5.97 Å². The van der Waals surface area contributed by atoms with E-state index >= 15 is 0 Å². The van der Waals surface area contributed by atoms with Crippen molar-refractivity contribution in [3.8, 4) is 16.9 Å². The standard InChI is InChI=1S/C20H21FO2/c21-19-14-17(12-13-18(19)15-8-6-3-7-9-15)23-20(22)16-10-4-1-2-5-11-16/h3,6-9,12-14,16H,1-2,4-5,10-11H2. The Kier molecular flexibility index (Phi) is 5.06. The molecule has 0 radical (unpaired) electrons. The Hall–Kier alpha value is -2.16. The molecule has 23 heavy (non-hydrogen) atoms. The first kappa shape index (κ1) is 15.7. The fourth-order valence-corrected chi connectivity index (χ4v) is 3.13. The van der Waals surface area contributed by atoms with Crippen molar-refractivity contribution in [2.24, 2.45) is 5.92 Å². The van der Waals surface area contributed by atoms with Crippen LogP contribution in [0.25, 0.3) is 11.1 Å². The summed E-state index contributed by atoms with van der Waals surface area (Å²) in [5.74, 6) is -0.355. The van der Waals surface area contributed by atoms with Crippen molar-refractivity contribution in [1.82, 2.24) is 0 Å². The summed E-state index contributed by atoms with van der Waals surface area (Å²) in [6.07, 6.45) is 6.27. The minimum Gasteiger partial charge on any atom is -0.426 e. The minimum absolute atomic E-state index is 0.0469. The van der Waals surface area contributed by atoms with Crippen molar-refractivity contribution >= 4 is 5.97 Å². The number of carbonyl (C=O) groups excluding carboxylic acids is 1. The van der Waals surface area contributed by atoms with Crippen LogP contribution in [0.4, 0.5) is 4.39 Å². The maximum absolute atomic E-state index is 14.3. The van der Waals surface area contributed by atoms with Gasteiger partial charge in [0.15, 0.2) is 0 Å². The van der Waals surface area contributed by atoms with Crippen LogP contribution in [-0.4, -0.2) is 5.97 Å². The predicted octanol–water partition coefficient (Wildman–Crippen LogP) is 5.37. The summed E-state index contributed by atoms with van der Waals surface area (Å²) in [4.78, 5) is 12.2. The maximum atomic E-state index is 14.3. The molecule has 1 fully saturated rings. The van der Waals surface area contributed by atoms with Gasteiger partial charge in [0, 0.05) is 11.6 Å². The van der Waals surface area contributed by atoms with Crippen LogP contribution in [0.2, 0.25) is 0 Å². The maximum Gasteiger partial charge on any atom is 0.314 e. The topological polar surface area (TPSA) is 26.3 Å². The minimum atomic E-state index is -0.373. The predicted molar refractivity (Wildman–Crippen MR) is 88.7 cm³/mol. The third-order valence-electron chi connectivity index (χ3n) is 4.43. The molecular weight excluding hydrogens is 291 g/mol. The molecule has 0 saturated heterocycles. The van der Waals surface area contributed by atoms with Gasteiger partial charge in [-0.1, -0.05) is 56.0 Å². The normalized spacial score (nSPS) is 15.9. The number of carbonyl (C=O) groups is 1. The Labute approximate surface area is 136 Å². The number of rotatable bonds is 3. The summed E-state index contributed by atoms with van der Waals surface area (Å²) in [5, 5.41) is 0. The second kappa shape index (κ2) is 7.40. The first-order chi connectivity index (χ1) is 11.2. The number of benzene rings is 2. The first-order valence-electron chi connectivity index (χ1n) is 8.31. The summed E-state index contributed by atoms with van der Waals surface area (Å²) in [5.41, 5.74) is 1.33. The van der Waals surface area contributed by atoms with E-state index in [4.69, 9.17) is 4.74 Å². The van der Waals surface area contributed by atoms with E-state index in [0.29, 0.717) is 5.56 Å². The van der Waals surface area contributed by atoms with E-state index in [1.807, 2.05) is 30.3 Å². The molecule has 0 amide bonds. The number of ether oxygens (including phenoxy) is 1. The molecule has 1 aliphatic rings. The van der Waals surface area contributed by atoms with Crippen LogP contribution in [-0.2, 0) is 4.79 Å². The van der Waals surface area contributed by atoms with E-state index in [9.17, 15) is 9.18 Å². The molecule has 0 bridgehead atoms. The highest BCUT2D eigenvalue weighted by molar-refractivity contribution is 5.75. The fraction of sp³-hybridized carbons (Fsp3) is 0.350. The zero-order valence-corrected chi connectivity index (χ0v) is 13.1. The third kappa shape index (κ3) is 3.98. The molecule has 0 aromatic heterocycles. The van der Waals surface area contributed by atoms with Gasteiger partial charge < -0.3 is 4.74 Å². The lowest BCUT2D eigenvalue weighted by atomic mass is 10.0. The van der Waals surface area contributed by atoms with Crippen LogP contribution in [0.15, 0.2) is 48.5 Å². The van der Waals surface area contributed by atoms with E-state index in [1.165, 1.54) is 18.9 Å². The highest BCUT2D eigenvalue weighted by Gasteiger charge is 2.22. The summed E-state index contributed by atoms with van der Waals surface area (Å²) in [6, 6.07) is 14.0. The van der Waals surface area contributed by atoms with Gasteiger partial charge in [-0.25, -0.2) is 4.39 Å². The Morgan fingerprint density at radius 2 is 1.65 bits per heavy atom. The van der Waals surface area contributed by atoms with Gasteiger partial charge in [-0.15, -0.1) is 0 Å². The van der Waals surface area contributed by atoms with Gasteiger partial charge in [-0.3, -0.25) is 4.79 Å². The summed E-state index contributed by atoms with van der Waals surface area (Å²) < 4.78 is 19.7. The van der Waals surface area contributed by atoms with Gasteiger partial charge in [-0.2, -0.15) is 0 Å². The molecule has 3 heteroatoms. The first-order valence-corrected chi connectivity index (χ1v) is 8.31. The van der Waals surface area contributed by atoms with E-state index in [0.717, 1.165) is 31.2 Å².